The van der Waals surface area contributed by atoms with Gasteiger partial charge in [-0.05, 0) is 12.1 Å². The number of fused-ring (bicyclic) bond motifs is 1. The number of aromatic nitrogens is 2. The van der Waals surface area contributed by atoms with Gasteiger partial charge in [-0.25, -0.2) is 4.98 Å². The van der Waals surface area contributed by atoms with Crippen LogP contribution in [0.4, 0.5) is 0 Å². The lowest BCUT2D eigenvalue weighted by Crippen LogP contribution is -2.47. The highest BCUT2D eigenvalue weighted by Gasteiger charge is 2.35. The summed E-state index contributed by atoms with van der Waals surface area (Å²) in [4.78, 5) is 35.7. The monoisotopic (exact) mass is 332 g/mol. The molecule has 7 heteroatoms. The second-order valence-electron chi connectivity index (χ2n) is 5.63. The molecular formula is C16H20N4O2S. The molecule has 1 unspecified atom stereocenters. The summed E-state index contributed by atoms with van der Waals surface area (Å²) in [5.74, 6) is 2.01. The smallest absolute Gasteiger partial charge is 0.246 e. The van der Waals surface area contributed by atoms with Gasteiger partial charge in [-0.1, -0.05) is 19.1 Å². The second kappa shape index (κ2) is 6.62. The number of nitrogens with zero attached hydrogens (tertiary/aromatic N) is 3. The first-order valence-corrected chi connectivity index (χ1v) is 8.81. The summed E-state index contributed by atoms with van der Waals surface area (Å²) in [5.41, 5.74) is 1.85. The molecule has 0 bridgehead atoms. The molecule has 2 heterocycles. The number of benzene rings is 1. The average Bonchev–Trinajstić information content (AvgIpc) is 3.19. The molecule has 122 valence electrons. The molecule has 3 rings (SSSR count). The highest BCUT2D eigenvalue weighted by molar-refractivity contribution is 7.99. The number of amides is 2. The number of likely N-dealkylation sites (N-methyl/N-ethyl adjacent to an activating group) is 1. The summed E-state index contributed by atoms with van der Waals surface area (Å²) in [5, 5.41) is 0. The minimum absolute atomic E-state index is 0.0303. The number of aromatic amines is 1. The minimum atomic E-state index is -0.359. The molecule has 1 N–H and O–H groups in total. The van der Waals surface area contributed by atoms with Crippen molar-refractivity contribution in [1.82, 2.24) is 19.8 Å². The van der Waals surface area contributed by atoms with E-state index in [2.05, 4.69) is 9.97 Å². The van der Waals surface area contributed by atoms with Gasteiger partial charge in [0.1, 0.15) is 11.9 Å². The highest BCUT2D eigenvalue weighted by atomic mass is 32.2. The van der Waals surface area contributed by atoms with E-state index in [9.17, 15) is 9.59 Å². The van der Waals surface area contributed by atoms with Crippen molar-refractivity contribution in [2.45, 2.75) is 25.9 Å². The third-order valence-corrected chi connectivity index (χ3v) is 5.00. The Bertz CT molecular complexity index is 697. The molecule has 1 aliphatic rings. The maximum absolute atomic E-state index is 12.7. The van der Waals surface area contributed by atoms with E-state index < -0.39 is 0 Å². The lowest BCUT2D eigenvalue weighted by atomic mass is 10.2. The summed E-state index contributed by atoms with van der Waals surface area (Å²) in [6, 6.07) is 7.42. The van der Waals surface area contributed by atoms with Gasteiger partial charge >= 0.3 is 0 Å². The number of hydrogen-bond donors (Lipinski definition) is 1. The minimum Gasteiger partial charge on any atom is -0.340 e. The number of para-hydroxylation sites is 2. The van der Waals surface area contributed by atoms with Crippen LogP contribution in [0.15, 0.2) is 24.3 Å². The number of imidazole rings is 1. The molecule has 0 saturated carbocycles. The zero-order chi connectivity index (χ0) is 16.4. The normalized spacial score (nSPS) is 17.7. The number of carbonyl (C=O) groups excluding carboxylic acids is 2. The SMILES string of the molecule is CCC(=O)N1CSCC1C(=O)N(C)Cc1nc2ccccc2[nH]1. The van der Waals surface area contributed by atoms with E-state index >= 15 is 0 Å². The van der Waals surface area contributed by atoms with E-state index in [1.165, 1.54) is 0 Å². The topological polar surface area (TPSA) is 69.3 Å². The molecule has 2 aromatic rings. The Morgan fingerprint density at radius 1 is 1.43 bits per heavy atom. The average molecular weight is 332 g/mol. The molecule has 1 aromatic carbocycles. The molecule has 23 heavy (non-hydrogen) atoms. The van der Waals surface area contributed by atoms with Gasteiger partial charge in [-0.15, -0.1) is 11.8 Å². The van der Waals surface area contributed by atoms with Crippen molar-refractivity contribution in [3.8, 4) is 0 Å². The van der Waals surface area contributed by atoms with Gasteiger partial charge in [-0.2, -0.15) is 0 Å². The summed E-state index contributed by atoms with van der Waals surface area (Å²) in [6.45, 7) is 2.23. The fraction of sp³-hybridized carbons (Fsp3) is 0.438. The van der Waals surface area contributed by atoms with Crippen LogP contribution in [0.3, 0.4) is 0 Å². The van der Waals surface area contributed by atoms with Crippen molar-refractivity contribution < 1.29 is 9.59 Å². The largest absolute Gasteiger partial charge is 0.340 e. The Morgan fingerprint density at radius 3 is 2.96 bits per heavy atom. The van der Waals surface area contributed by atoms with Crippen LogP contribution in [-0.4, -0.2) is 56.3 Å². The van der Waals surface area contributed by atoms with Crippen LogP contribution < -0.4 is 0 Å². The number of nitrogens with one attached hydrogen (secondary N) is 1. The fourth-order valence-electron chi connectivity index (χ4n) is 2.73. The third kappa shape index (κ3) is 3.19. The second-order valence-corrected chi connectivity index (χ2v) is 6.63. The van der Waals surface area contributed by atoms with E-state index in [1.807, 2.05) is 31.2 Å². The van der Waals surface area contributed by atoms with E-state index in [0.717, 1.165) is 16.9 Å². The van der Waals surface area contributed by atoms with Crippen LogP contribution in [-0.2, 0) is 16.1 Å². The third-order valence-electron chi connectivity index (χ3n) is 3.99. The zero-order valence-corrected chi connectivity index (χ0v) is 14.1. The molecular weight excluding hydrogens is 312 g/mol. The Kier molecular flexibility index (Phi) is 4.56. The molecule has 2 amide bonds. The fourth-order valence-corrected chi connectivity index (χ4v) is 3.91. The first kappa shape index (κ1) is 15.9. The molecule has 1 saturated heterocycles. The first-order chi connectivity index (χ1) is 11.1. The van der Waals surface area contributed by atoms with Gasteiger partial charge in [0.05, 0.1) is 23.5 Å². The molecule has 6 nitrogen and oxygen atoms in total. The maximum atomic E-state index is 12.7. The van der Waals surface area contributed by atoms with Gasteiger partial charge in [-0.3, -0.25) is 9.59 Å². The molecule has 1 aliphatic heterocycles. The van der Waals surface area contributed by atoms with Crippen molar-refractivity contribution in [2.24, 2.45) is 0 Å². The molecule has 1 fully saturated rings. The van der Waals surface area contributed by atoms with Gasteiger partial charge in [0, 0.05) is 19.2 Å². The number of carbonyl (C=O) groups is 2. The number of rotatable bonds is 4. The Hall–Kier alpha value is -2.02. The number of thioether (sulfide) groups is 1. The summed E-state index contributed by atoms with van der Waals surface area (Å²) >= 11 is 1.62. The van der Waals surface area contributed by atoms with Crippen LogP contribution in [0.5, 0.6) is 0 Å². The Balaban J connectivity index is 1.70. The van der Waals surface area contributed by atoms with Crippen molar-refractivity contribution in [1.29, 1.82) is 0 Å². The van der Waals surface area contributed by atoms with E-state index in [1.54, 1.807) is 28.6 Å². The van der Waals surface area contributed by atoms with Crippen molar-refractivity contribution in [3.63, 3.8) is 0 Å². The highest BCUT2D eigenvalue weighted by Crippen LogP contribution is 2.23. The van der Waals surface area contributed by atoms with Gasteiger partial charge in [0.25, 0.3) is 0 Å². The maximum Gasteiger partial charge on any atom is 0.246 e. The molecule has 0 spiro atoms. The molecule has 1 aromatic heterocycles. The van der Waals surface area contributed by atoms with Crippen LogP contribution in [0.25, 0.3) is 11.0 Å². The van der Waals surface area contributed by atoms with Crippen LogP contribution in [0.2, 0.25) is 0 Å². The number of hydrogen-bond acceptors (Lipinski definition) is 4. The van der Waals surface area contributed by atoms with Crippen molar-refractivity contribution in [2.75, 3.05) is 18.7 Å². The van der Waals surface area contributed by atoms with Crippen molar-refractivity contribution in [3.05, 3.63) is 30.1 Å². The quantitative estimate of drug-likeness (QED) is 0.927. The lowest BCUT2D eigenvalue weighted by Gasteiger charge is -2.26. The molecule has 0 aliphatic carbocycles. The van der Waals surface area contributed by atoms with Crippen LogP contribution in [0, 0.1) is 0 Å². The van der Waals surface area contributed by atoms with Gasteiger partial charge < -0.3 is 14.8 Å². The van der Waals surface area contributed by atoms with E-state index in [-0.39, 0.29) is 17.9 Å². The Labute approximate surface area is 139 Å². The number of H-pyrrole nitrogens is 1. The summed E-state index contributed by atoms with van der Waals surface area (Å²) in [6.07, 6.45) is 0.428. The summed E-state index contributed by atoms with van der Waals surface area (Å²) < 4.78 is 0. The van der Waals surface area contributed by atoms with Gasteiger partial charge in [0.2, 0.25) is 11.8 Å². The van der Waals surface area contributed by atoms with E-state index in [4.69, 9.17) is 0 Å². The molecule has 1 atom stereocenters. The van der Waals surface area contributed by atoms with Gasteiger partial charge in [0.15, 0.2) is 0 Å². The summed E-state index contributed by atoms with van der Waals surface area (Å²) in [7, 11) is 1.76. The predicted molar refractivity (Wildman–Crippen MR) is 90.8 cm³/mol. The zero-order valence-electron chi connectivity index (χ0n) is 13.3. The standard InChI is InChI=1S/C16H20N4O2S/c1-3-15(21)20-10-23-9-13(20)16(22)19(2)8-14-17-11-6-4-5-7-12(11)18-14/h4-7,13H,3,8-10H2,1-2H3,(H,17,18). The lowest BCUT2D eigenvalue weighted by molar-refractivity contribution is -0.142. The Morgan fingerprint density at radius 2 is 2.22 bits per heavy atom. The first-order valence-electron chi connectivity index (χ1n) is 7.66. The predicted octanol–water partition coefficient (Wildman–Crippen LogP) is 1.83. The molecule has 0 radical (unpaired) electrons. The van der Waals surface area contributed by atoms with E-state index in [0.29, 0.717) is 24.6 Å². The van der Waals surface area contributed by atoms with Crippen LogP contribution in [0.1, 0.15) is 19.2 Å². The van der Waals surface area contributed by atoms with Crippen molar-refractivity contribution >= 4 is 34.6 Å². The van der Waals surface area contributed by atoms with Crippen LogP contribution >= 0.6 is 11.8 Å².